The summed E-state index contributed by atoms with van der Waals surface area (Å²) in [6.07, 6.45) is 4.91. The monoisotopic (exact) mass is 500 g/mol. The standard InChI is InChI=1S/C18H21FN6S.HI/c1-12-13(2)26-17(24-12)10-23-18(20-3)22-9-14-4-5-16(15(19)8-14)25-7-6-21-11-25;/h4-8,11H,9-10H2,1-3H3,(H2,20,22,23);1H. The van der Waals surface area contributed by atoms with Gasteiger partial charge in [0.15, 0.2) is 5.96 Å². The lowest BCUT2D eigenvalue weighted by atomic mass is 10.2. The maximum atomic E-state index is 14.3. The van der Waals surface area contributed by atoms with Gasteiger partial charge in [-0.1, -0.05) is 6.07 Å². The fourth-order valence-corrected chi connectivity index (χ4v) is 3.33. The Bertz CT molecular complexity index is 887. The molecule has 9 heteroatoms. The highest BCUT2D eigenvalue weighted by atomic mass is 127. The van der Waals surface area contributed by atoms with E-state index in [2.05, 4.69) is 32.5 Å². The molecule has 6 nitrogen and oxygen atoms in total. The molecular formula is C18H22FIN6S. The van der Waals surface area contributed by atoms with E-state index in [1.165, 1.54) is 10.9 Å². The summed E-state index contributed by atoms with van der Waals surface area (Å²) in [5.74, 6) is 0.355. The predicted molar refractivity (Wildman–Crippen MR) is 118 cm³/mol. The second-order valence-electron chi connectivity index (χ2n) is 5.78. The van der Waals surface area contributed by atoms with Crippen molar-refractivity contribution in [3.63, 3.8) is 0 Å². The van der Waals surface area contributed by atoms with Gasteiger partial charge in [-0.25, -0.2) is 14.4 Å². The Morgan fingerprint density at radius 1 is 1.26 bits per heavy atom. The van der Waals surface area contributed by atoms with E-state index in [0.717, 1.165) is 16.3 Å². The van der Waals surface area contributed by atoms with E-state index in [0.29, 0.717) is 24.7 Å². The molecule has 0 aliphatic heterocycles. The quantitative estimate of drug-likeness (QED) is 0.320. The number of halogens is 2. The molecule has 2 N–H and O–H groups in total. The van der Waals surface area contributed by atoms with Crippen molar-refractivity contribution in [2.24, 2.45) is 4.99 Å². The van der Waals surface area contributed by atoms with Gasteiger partial charge in [0.25, 0.3) is 0 Å². The van der Waals surface area contributed by atoms with E-state index < -0.39 is 0 Å². The number of benzene rings is 1. The summed E-state index contributed by atoms with van der Waals surface area (Å²) in [7, 11) is 1.70. The minimum Gasteiger partial charge on any atom is -0.352 e. The Morgan fingerprint density at radius 2 is 2.04 bits per heavy atom. The molecule has 2 heterocycles. The summed E-state index contributed by atoms with van der Waals surface area (Å²) < 4.78 is 15.9. The molecule has 0 spiro atoms. The fraction of sp³-hybridized carbons (Fsp3) is 0.278. The predicted octanol–water partition coefficient (Wildman–Crippen LogP) is 3.57. The molecular weight excluding hydrogens is 478 g/mol. The molecule has 0 bridgehead atoms. The summed E-state index contributed by atoms with van der Waals surface area (Å²) in [4.78, 5) is 13.9. The number of rotatable bonds is 5. The molecule has 0 amide bonds. The minimum atomic E-state index is -0.293. The van der Waals surface area contributed by atoms with Crippen molar-refractivity contribution in [3.05, 3.63) is 63.9 Å². The van der Waals surface area contributed by atoms with Crippen LogP contribution in [0.4, 0.5) is 4.39 Å². The number of nitrogens with one attached hydrogen (secondary N) is 2. The lowest BCUT2D eigenvalue weighted by Gasteiger charge is -2.12. The van der Waals surface area contributed by atoms with Gasteiger partial charge in [0.05, 0.1) is 24.3 Å². The van der Waals surface area contributed by atoms with Crippen LogP contribution >= 0.6 is 35.3 Å². The van der Waals surface area contributed by atoms with Gasteiger partial charge in [-0.05, 0) is 31.5 Å². The van der Waals surface area contributed by atoms with Crippen molar-refractivity contribution in [1.82, 2.24) is 25.2 Å². The Hall–Kier alpha value is -2.01. The molecule has 0 aliphatic carbocycles. The molecule has 0 saturated carbocycles. The third kappa shape index (κ3) is 5.48. The van der Waals surface area contributed by atoms with Crippen LogP contribution < -0.4 is 10.6 Å². The van der Waals surface area contributed by atoms with Gasteiger partial charge >= 0.3 is 0 Å². The topological polar surface area (TPSA) is 67.1 Å². The van der Waals surface area contributed by atoms with Crippen LogP contribution in [0, 0.1) is 19.7 Å². The average molecular weight is 500 g/mol. The number of nitrogens with zero attached hydrogens (tertiary/aromatic N) is 4. The van der Waals surface area contributed by atoms with Crippen LogP contribution in [0.25, 0.3) is 5.69 Å². The van der Waals surface area contributed by atoms with Crippen molar-refractivity contribution >= 4 is 41.3 Å². The summed E-state index contributed by atoms with van der Waals surface area (Å²) in [6, 6.07) is 5.14. The first-order chi connectivity index (χ1) is 12.6. The fourth-order valence-electron chi connectivity index (χ4n) is 2.45. The summed E-state index contributed by atoms with van der Waals surface area (Å²) in [5.41, 5.74) is 2.36. The van der Waals surface area contributed by atoms with Crippen molar-refractivity contribution in [3.8, 4) is 5.69 Å². The molecule has 0 unspecified atom stereocenters. The van der Waals surface area contributed by atoms with E-state index >= 15 is 0 Å². The maximum absolute atomic E-state index is 14.3. The van der Waals surface area contributed by atoms with Gasteiger partial charge < -0.3 is 15.2 Å². The average Bonchev–Trinajstić information content (AvgIpc) is 3.26. The molecule has 2 aromatic heterocycles. The Kier molecular flexibility index (Phi) is 7.72. The summed E-state index contributed by atoms with van der Waals surface area (Å²) in [6.45, 7) is 5.14. The minimum absolute atomic E-state index is 0. The zero-order chi connectivity index (χ0) is 18.5. The Labute approximate surface area is 179 Å². The molecule has 1 aromatic carbocycles. The number of hydrogen-bond acceptors (Lipinski definition) is 4. The third-order valence-corrected chi connectivity index (χ3v) is 5.03. The van der Waals surface area contributed by atoms with Crippen LogP contribution in [0.3, 0.4) is 0 Å². The summed E-state index contributed by atoms with van der Waals surface area (Å²) in [5, 5.41) is 7.43. The van der Waals surface area contributed by atoms with Crippen LogP contribution in [-0.4, -0.2) is 27.5 Å². The van der Waals surface area contributed by atoms with E-state index in [-0.39, 0.29) is 29.8 Å². The Balaban J connectivity index is 0.00000261. The van der Waals surface area contributed by atoms with Gasteiger partial charge in [-0.3, -0.25) is 4.99 Å². The molecule has 0 fully saturated rings. The summed E-state index contributed by atoms with van der Waals surface area (Å²) >= 11 is 1.67. The van der Waals surface area contributed by atoms with Crippen molar-refractivity contribution in [2.75, 3.05) is 7.05 Å². The number of guanidine groups is 1. The number of aliphatic imine (C=N–C) groups is 1. The molecule has 3 rings (SSSR count). The maximum Gasteiger partial charge on any atom is 0.191 e. The third-order valence-electron chi connectivity index (χ3n) is 3.96. The first kappa shape index (κ1) is 21.3. The second-order valence-corrected chi connectivity index (χ2v) is 7.07. The lowest BCUT2D eigenvalue weighted by molar-refractivity contribution is 0.615. The highest BCUT2D eigenvalue weighted by molar-refractivity contribution is 14.0. The van der Waals surface area contributed by atoms with Gasteiger partial charge in [0.2, 0.25) is 0 Å². The number of thiazole rings is 1. The molecule has 0 saturated heterocycles. The highest BCUT2D eigenvalue weighted by Crippen LogP contribution is 2.16. The van der Waals surface area contributed by atoms with E-state index in [4.69, 9.17) is 0 Å². The van der Waals surface area contributed by atoms with Crippen molar-refractivity contribution < 1.29 is 4.39 Å². The van der Waals surface area contributed by atoms with Gasteiger partial charge in [-0.2, -0.15) is 0 Å². The van der Waals surface area contributed by atoms with Crippen molar-refractivity contribution in [1.29, 1.82) is 0 Å². The van der Waals surface area contributed by atoms with Crippen LogP contribution in [0.15, 0.2) is 41.9 Å². The van der Waals surface area contributed by atoms with Crippen LogP contribution in [0.2, 0.25) is 0 Å². The second kappa shape index (κ2) is 9.79. The van der Waals surface area contributed by atoms with E-state index in [9.17, 15) is 4.39 Å². The zero-order valence-electron chi connectivity index (χ0n) is 15.4. The zero-order valence-corrected chi connectivity index (χ0v) is 18.5. The number of hydrogen-bond donors (Lipinski definition) is 2. The first-order valence-corrected chi connectivity index (χ1v) is 9.02. The smallest absolute Gasteiger partial charge is 0.191 e. The molecule has 144 valence electrons. The largest absolute Gasteiger partial charge is 0.352 e. The van der Waals surface area contributed by atoms with Gasteiger partial charge in [0, 0.05) is 30.9 Å². The molecule has 0 atom stereocenters. The molecule has 3 aromatic rings. The highest BCUT2D eigenvalue weighted by Gasteiger charge is 2.07. The van der Waals surface area contributed by atoms with Crippen LogP contribution in [-0.2, 0) is 13.1 Å². The SMILES string of the molecule is CN=C(NCc1ccc(-n2ccnc2)c(F)c1)NCc1nc(C)c(C)s1.I. The van der Waals surface area contributed by atoms with Crippen LogP contribution in [0.1, 0.15) is 21.1 Å². The normalized spacial score (nSPS) is 11.2. The lowest BCUT2D eigenvalue weighted by Crippen LogP contribution is -2.36. The Morgan fingerprint density at radius 3 is 2.63 bits per heavy atom. The van der Waals surface area contributed by atoms with Crippen molar-refractivity contribution in [2.45, 2.75) is 26.9 Å². The number of aryl methyl sites for hydroxylation is 2. The number of imidazole rings is 1. The van der Waals surface area contributed by atoms with Gasteiger partial charge in [-0.15, -0.1) is 35.3 Å². The van der Waals surface area contributed by atoms with E-state index in [1.54, 1.807) is 47.7 Å². The number of aromatic nitrogens is 3. The molecule has 0 radical (unpaired) electrons. The van der Waals surface area contributed by atoms with Crippen LogP contribution in [0.5, 0.6) is 0 Å². The molecule has 0 aliphatic rings. The van der Waals surface area contributed by atoms with E-state index in [1.807, 2.05) is 13.0 Å². The molecule has 27 heavy (non-hydrogen) atoms. The first-order valence-electron chi connectivity index (χ1n) is 8.21. The van der Waals surface area contributed by atoms with Gasteiger partial charge in [0.1, 0.15) is 10.8 Å².